The van der Waals surface area contributed by atoms with Crippen molar-refractivity contribution in [2.75, 3.05) is 0 Å². The zero-order valence-corrected chi connectivity index (χ0v) is 10.2. The Labute approximate surface area is 93.1 Å². The molecule has 0 amide bonds. The number of benzene rings is 1. The lowest BCUT2D eigenvalue weighted by Gasteiger charge is -2.24. The van der Waals surface area contributed by atoms with E-state index in [0.29, 0.717) is 17.6 Å². The van der Waals surface area contributed by atoms with Gasteiger partial charge in [-0.3, -0.25) is 0 Å². The van der Waals surface area contributed by atoms with Gasteiger partial charge >= 0.3 is 0 Å². The Balaban J connectivity index is 2.70. The highest BCUT2D eigenvalue weighted by atomic mass is 16.3. The highest BCUT2D eigenvalue weighted by Crippen LogP contribution is 2.25. The molecule has 0 atom stereocenters. The molecule has 0 aliphatic carbocycles. The lowest BCUT2D eigenvalue weighted by Crippen LogP contribution is -2.18. The summed E-state index contributed by atoms with van der Waals surface area (Å²) in [6, 6.07) is 7.58. The van der Waals surface area contributed by atoms with Gasteiger partial charge in [0.15, 0.2) is 0 Å². The molecular formula is C14H22O. The second kappa shape index (κ2) is 5.20. The minimum absolute atomic E-state index is 0.351. The molecule has 1 aromatic rings. The highest BCUT2D eigenvalue weighted by molar-refractivity contribution is 5.26. The monoisotopic (exact) mass is 206 g/mol. The maximum absolute atomic E-state index is 9.21. The van der Waals surface area contributed by atoms with Crippen molar-refractivity contribution >= 4 is 0 Å². The standard InChI is InChI=1S/C14H22O/c1-10(2)14(11(3)4)9-12-5-7-13(15)8-6-12/h5-8,10-11,14-15H,9H2,1-4H3. The number of hydrogen-bond acceptors (Lipinski definition) is 1. The Morgan fingerprint density at radius 1 is 0.933 bits per heavy atom. The van der Waals surface area contributed by atoms with Gasteiger partial charge in [-0.15, -0.1) is 0 Å². The van der Waals surface area contributed by atoms with Gasteiger partial charge in [-0.05, 0) is 41.9 Å². The van der Waals surface area contributed by atoms with Crippen molar-refractivity contribution in [3.63, 3.8) is 0 Å². The minimum atomic E-state index is 0.351. The molecule has 1 aromatic carbocycles. The lowest BCUT2D eigenvalue weighted by atomic mass is 9.81. The third-order valence-electron chi connectivity index (χ3n) is 3.12. The molecule has 15 heavy (non-hydrogen) atoms. The van der Waals surface area contributed by atoms with Gasteiger partial charge in [0, 0.05) is 0 Å². The smallest absolute Gasteiger partial charge is 0.115 e. The Bertz CT molecular complexity index is 277. The van der Waals surface area contributed by atoms with E-state index in [9.17, 15) is 5.11 Å². The first-order valence-corrected chi connectivity index (χ1v) is 5.78. The van der Waals surface area contributed by atoms with Crippen LogP contribution in [0.25, 0.3) is 0 Å². The van der Waals surface area contributed by atoms with Gasteiger partial charge in [-0.25, -0.2) is 0 Å². The third-order valence-corrected chi connectivity index (χ3v) is 3.12. The quantitative estimate of drug-likeness (QED) is 0.793. The van der Waals surface area contributed by atoms with Crippen LogP contribution < -0.4 is 0 Å². The van der Waals surface area contributed by atoms with Crippen LogP contribution in [0, 0.1) is 17.8 Å². The van der Waals surface area contributed by atoms with E-state index in [1.165, 1.54) is 5.56 Å². The molecule has 0 heterocycles. The van der Waals surface area contributed by atoms with Crippen molar-refractivity contribution in [3.05, 3.63) is 29.8 Å². The fourth-order valence-electron chi connectivity index (χ4n) is 2.15. The van der Waals surface area contributed by atoms with Crippen molar-refractivity contribution in [1.82, 2.24) is 0 Å². The molecule has 1 nitrogen and oxygen atoms in total. The molecule has 0 radical (unpaired) electrons. The Kier molecular flexibility index (Phi) is 4.19. The minimum Gasteiger partial charge on any atom is -0.508 e. The Morgan fingerprint density at radius 3 is 1.80 bits per heavy atom. The third kappa shape index (κ3) is 3.58. The van der Waals surface area contributed by atoms with Crippen molar-refractivity contribution in [2.24, 2.45) is 17.8 Å². The van der Waals surface area contributed by atoms with Gasteiger partial charge in [0.05, 0.1) is 0 Å². The van der Waals surface area contributed by atoms with E-state index in [-0.39, 0.29) is 0 Å². The molecule has 0 bridgehead atoms. The fraction of sp³-hybridized carbons (Fsp3) is 0.571. The van der Waals surface area contributed by atoms with Crippen molar-refractivity contribution in [1.29, 1.82) is 0 Å². The van der Waals surface area contributed by atoms with Crippen LogP contribution in [0.1, 0.15) is 33.3 Å². The van der Waals surface area contributed by atoms with E-state index in [4.69, 9.17) is 0 Å². The summed E-state index contributed by atoms with van der Waals surface area (Å²) in [6.07, 6.45) is 1.11. The van der Waals surface area contributed by atoms with E-state index in [0.717, 1.165) is 12.3 Å². The summed E-state index contributed by atoms with van der Waals surface area (Å²) in [5, 5.41) is 9.21. The van der Waals surface area contributed by atoms with Gasteiger partial charge in [0.25, 0.3) is 0 Å². The van der Waals surface area contributed by atoms with Crippen LogP contribution in [0.3, 0.4) is 0 Å². The molecule has 0 aliphatic rings. The fourth-order valence-corrected chi connectivity index (χ4v) is 2.15. The average Bonchev–Trinajstić information content (AvgIpc) is 2.15. The van der Waals surface area contributed by atoms with E-state index in [1.54, 1.807) is 12.1 Å². The van der Waals surface area contributed by atoms with E-state index in [1.807, 2.05) is 12.1 Å². The predicted molar refractivity (Wildman–Crippen MR) is 65.0 cm³/mol. The first kappa shape index (κ1) is 12.1. The molecule has 0 unspecified atom stereocenters. The predicted octanol–water partition coefficient (Wildman–Crippen LogP) is 3.86. The largest absolute Gasteiger partial charge is 0.508 e. The maximum atomic E-state index is 9.21. The van der Waals surface area contributed by atoms with Crippen LogP contribution in [0.5, 0.6) is 5.75 Å². The molecule has 0 saturated carbocycles. The number of phenols is 1. The summed E-state index contributed by atoms with van der Waals surface area (Å²) in [7, 11) is 0. The zero-order chi connectivity index (χ0) is 11.4. The summed E-state index contributed by atoms with van der Waals surface area (Å²) in [4.78, 5) is 0. The van der Waals surface area contributed by atoms with Gasteiger partial charge < -0.3 is 5.11 Å². The summed E-state index contributed by atoms with van der Waals surface area (Å²) >= 11 is 0. The molecule has 0 aromatic heterocycles. The van der Waals surface area contributed by atoms with Crippen LogP contribution in [0.2, 0.25) is 0 Å². The molecule has 84 valence electrons. The van der Waals surface area contributed by atoms with Crippen LogP contribution in [0.4, 0.5) is 0 Å². The first-order chi connectivity index (χ1) is 7.00. The zero-order valence-electron chi connectivity index (χ0n) is 10.2. The highest BCUT2D eigenvalue weighted by Gasteiger charge is 2.17. The molecule has 1 heteroatoms. The maximum Gasteiger partial charge on any atom is 0.115 e. The van der Waals surface area contributed by atoms with Gasteiger partial charge in [0.2, 0.25) is 0 Å². The summed E-state index contributed by atoms with van der Waals surface area (Å²) in [6.45, 7) is 9.13. The number of aromatic hydroxyl groups is 1. The normalized spacial score (nSPS) is 11.7. The number of hydrogen-bond donors (Lipinski definition) is 1. The van der Waals surface area contributed by atoms with Crippen LogP contribution in [0.15, 0.2) is 24.3 Å². The van der Waals surface area contributed by atoms with Crippen LogP contribution >= 0.6 is 0 Å². The topological polar surface area (TPSA) is 20.2 Å². The first-order valence-electron chi connectivity index (χ1n) is 5.78. The number of phenolic OH excluding ortho intramolecular Hbond substituents is 1. The number of rotatable bonds is 4. The summed E-state index contributed by atoms with van der Waals surface area (Å²) < 4.78 is 0. The van der Waals surface area contributed by atoms with Gasteiger partial charge in [-0.2, -0.15) is 0 Å². The van der Waals surface area contributed by atoms with Crippen molar-refractivity contribution < 1.29 is 5.11 Å². The van der Waals surface area contributed by atoms with Crippen LogP contribution in [-0.4, -0.2) is 5.11 Å². The molecule has 1 N–H and O–H groups in total. The summed E-state index contributed by atoms with van der Waals surface area (Å²) in [5.41, 5.74) is 1.32. The van der Waals surface area contributed by atoms with Gasteiger partial charge in [0.1, 0.15) is 5.75 Å². The summed E-state index contributed by atoms with van der Waals surface area (Å²) in [5.74, 6) is 2.48. The van der Waals surface area contributed by atoms with E-state index < -0.39 is 0 Å². The Morgan fingerprint density at radius 2 is 1.40 bits per heavy atom. The molecular weight excluding hydrogens is 184 g/mol. The molecule has 1 rings (SSSR count). The van der Waals surface area contributed by atoms with E-state index in [2.05, 4.69) is 27.7 Å². The SMILES string of the molecule is CC(C)C(Cc1ccc(O)cc1)C(C)C. The second-order valence-electron chi connectivity index (χ2n) is 5.02. The van der Waals surface area contributed by atoms with E-state index >= 15 is 0 Å². The molecule has 0 saturated heterocycles. The lowest BCUT2D eigenvalue weighted by molar-refractivity contribution is 0.286. The molecule has 0 aliphatic heterocycles. The average molecular weight is 206 g/mol. The van der Waals surface area contributed by atoms with Crippen molar-refractivity contribution in [2.45, 2.75) is 34.1 Å². The molecule has 0 fully saturated rings. The van der Waals surface area contributed by atoms with Gasteiger partial charge in [-0.1, -0.05) is 39.8 Å². The van der Waals surface area contributed by atoms with Crippen LogP contribution in [-0.2, 0) is 6.42 Å². The Hall–Kier alpha value is -0.980. The second-order valence-corrected chi connectivity index (χ2v) is 5.02. The molecule has 0 spiro atoms. The van der Waals surface area contributed by atoms with Crippen molar-refractivity contribution in [3.8, 4) is 5.75 Å².